The maximum absolute atomic E-state index is 13.3. The monoisotopic (exact) mass is 416 g/mol. The Morgan fingerprint density at radius 2 is 1.93 bits per heavy atom. The smallest absolute Gasteiger partial charge is 0.407 e. The summed E-state index contributed by atoms with van der Waals surface area (Å²) in [6.07, 6.45) is 2.12. The quantitative estimate of drug-likeness (QED) is 0.694. The molecule has 2 fully saturated rings. The Bertz CT molecular complexity index is 556. The van der Waals surface area contributed by atoms with E-state index in [9.17, 15) is 14.4 Å². The first-order chi connectivity index (χ1) is 12.6. The molecule has 2 amide bonds. The van der Waals surface area contributed by atoms with Crippen molar-refractivity contribution in [1.82, 2.24) is 10.2 Å². The first-order valence-electron chi connectivity index (χ1n) is 9.55. The standard InChI is InChI=1S/C19H32N2O4S2/c1-13(2)11-25-17(24)20-15(18(3,4)5)16(23)21-12-19(9-14(21)10-22)26-7-6-8-27-19/h10,13-15H,6-9,11-12H2,1-5H3,(H,20,24)/t14-,15+/m0/s1. The molecule has 0 aliphatic carbocycles. The zero-order valence-electron chi connectivity index (χ0n) is 16.9. The molecule has 0 aromatic carbocycles. The van der Waals surface area contributed by atoms with Crippen LogP contribution in [0.15, 0.2) is 0 Å². The van der Waals surface area contributed by atoms with Crippen LogP contribution in [0.2, 0.25) is 0 Å². The summed E-state index contributed by atoms with van der Waals surface area (Å²) in [5.41, 5.74) is -0.496. The number of ether oxygens (including phenoxy) is 1. The summed E-state index contributed by atoms with van der Waals surface area (Å²) in [6, 6.07) is -1.18. The van der Waals surface area contributed by atoms with Gasteiger partial charge in [0, 0.05) is 13.0 Å². The van der Waals surface area contributed by atoms with E-state index in [0.29, 0.717) is 19.6 Å². The first-order valence-corrected chi connectivity index (χ1v) is 11.5. The van der Waals surface area contributed by atoms with Crippen LogP contribution < -0.4 is 5.32 Å². The van der Waals surface area contributed by atoms with Gasteiger partial charge >= 0.3 is 6.09 Å². The molecular formula is C19H32N2O4S2. The lowest BCUT2D eigenvalue weighted by molar-refractivity contribution is -0.138. The lowest BCUT2D eigenvalue weighted by Crippen LogP contribution is -2.56. The van der Waals surface area contributed by atoms with E-state index in [-0.39, 0.29) is 15.9 Å². The zero-order valence-corrected chi connectivity index (χ0v) is 18.6. The third-order valence-electron chi connectivity index (χ3n) is 4.71. The number of nitrogens with one attached hydrogen (secondary N) is 1. The average Bonchev–Trinajstić information content (AvgIpc) is 2.95. The van der Waals surface area contributed by atoms with Crippen LogP contribution in [-0.4, -0.2) is 64.0 Å². The van der Waals surface area contributed by atoms with Gasteiger partial charge in [-0.2, -0.15) is 0 Å². The number of hydrogen-bond donors (Lipinski definition) is 1. The number of amides is 2. The third kappa shape index (κ3) is 5.79. The number of likely N-dealkylation sites (tertiary alicyclic amines) is 1. The lowest BCUT2D eigenvalue weighted by Gasteiger charge is -2.35. The molecule has 8 heteroatoms. The van der Waals surface area contributed by atoms with E-state index in [1.807, 2.05) is 58.1 Å². The molecule has 0 bridgehead atoms. The van der Waals surface area contributed by atoms with E-state index < -0.39 is 23.6 Å². The molecule has 2 aliphatic heterocycles. The Morgan fingerprint density at radius 3 is 2.44 bits per heavy atom. The number of carbonyl (C=O) groups excluding carboxylic acids is 3. The average molecular weight is 417 g/mol. The summed E-state index contributed by atoms with van der Waals surface area (Å²) in [6.45, 7) is 10.5. The van der Waals surface area contributed by atoms with Gasteiger partial charge < -0.3 is 19.7 Å². The molecule has 2 saturated heterocycles. The molecule has 1 N–H and O–H groups in total. The number of aldehydes is 1. The van der Waals surface area contributed by atoms with E-state index in [0.717, 1.165) is 24.2 Å². The van der Waals surface area contributed by atoms with Crippen molar-refractivity contribution in [1.29, 1.82) is 0 Å². The fourth-order valence-corrected chi connectivity index (χ4v) is 6.65. The minimum absolute atomic E-state index is 0.0972. The summed E-state index contributed by atoms with van der Waals surface area (Å²) in [7, 11) is 0. The van der Waals surface area contributed by atoms with E-state index in [1.54, 1.807) is 4.90 Å². The van der Waals surface area contributed by atoms with Crippen molar-refractivity contribution in [2.24, 2.45) is 11.3 Å². The predicted octanol–water partition coefficient (Wildman–Crippen LogP) is 3.15. The first kappa shape index (κ1) is 22.4. The van der Waals surface area contributed by atoms with Gasteiger partial charge in [-0.1, -0.05) is 34.6 Å². The van der Waals surface area contributed by atoms with E-state index >= 15 is 0 Å². The van der Waals surface area contributed by atoms with Crippen molar-refractivity contribution in [2.75, 3.05) is 24.7 Å². The number of alkyl carbamates (subject to hydrolysis) is 1. The summed E-state index contributed by atoms with van der Waals surface area (Å²) >= 11 is 3.71. The molecule has 2 heterocycles. The lowest BCUT2D eigenvalue weighted by atomic mass is 9.85. The van der Waals surface area contributed by atoms with E-state index in [2.05, 4.69) is 5.32 Å². The second kappa shape index (κ2) is 9.07. The molecule has 154 valence electrons. The van der Waals surface area contributed by atoms with Crippen LogP contribution in [0, 0.1) is 11.3 Å². The topological polar surface area (TPSA) is 75.7 Å². The number of thioether (sulfide) groups is 2. The van der Waals surface area contributed by atoms with Crippen LogP contribution in [0.3, 0.4) is 0 Å². The molecule has 1 spiro atoms. The van der Waals surface area contributed by atoms with Crippen molar-refractivity contribution in [3.05, 3.63) is 0 Å². The van der Waals surface area contributed by atoms with Gasteiger partial charge in [-0.25, -0.2) is 4.79 Å². The van der Waals surface area contributed by atoms with Crippen molar-refractivity contribution >= 4 is 41.8 Å². The minimum Gasteiger partial charge on any atom is -0.449 e. The van der Waals surface area contributed by atoms with Crippen molar-refractivity contribution in [3.8, 4) is 0 Å². The minimum atomic E-state index is -0.742. The van der Waals surface area contributed by atoms with Crippen LogP contribution in [0.4, 0.5) is 4.79 Å². The predicted molar refractivity (Wildman–Crippen MR) is 111 cm³/mol. The van der Waals surface area contributed by atoms with Crippen LogP contribution in [0.25, 0.3) is 0 Å². The maximum Gasteiger partial charge on any atom is 0.407 e. The highest BCUT2D eigenvalue weighted by Gasteiger charge is 2.50. The molecule has 2 aliphatic rings. The molecule has 0 unspecified atom stereocenters. The Balaban J connectivity index is 2.13. The molecule has 2 atom stereocenters. The molecule has 0 radical (unpaired) electrons. The third-order valence-corrected chi connectivity index (χ3v) is 8.05. The summed E-state index contributed by atoms with van der Waals surface area (Å²) in [4.78, 5) is 38.9. The molecule has 6 nitrogen and oxygen atoms in total. The van der Waals surface area contributed by atoms with Gasteiger partial charge in [0.1, 0.15) is 12.3 Å². The fourth-order valence-electron chi connectivity index (χ4n) is 3.28. The second-order valence-electron chi connectivity index (χ2n) is 8.77. The largest absolute Gasteiger partial charge is 0.449 e. The molecule has 27 heavy (non-hydrogen) atoms. The van der Waals surface area contributed by atoms with Crippen LogP contribution in [-0.2, 0) is 14.3 Å². The van der Waals surface area contributed by atoms with Gasteiger partial charge in [-0.15, -0.1) is 23.5 Å². The van der Waals surface area contributed by atoms with Crippen LogP contribution >= 0.6 is 23.5 Å². The number of rotatable bonds is 5. The number of carbonyl (C=O) groups is 3. The van der Waals surface area contributed by atoms with Crippen LogP contribution in [0.1, 0.15) is 47.5 Å². The number of hydrogen-bond acceptors (Lipinski definition) is 6. The highest BCUT2D eigenvalue weighted by Crippen LogP contribution is 2.50. The summed E-state index contributed by atoms with van der Waals surface area (Å²) in [5.74, 6) is 2.13. The van der Waals surface area contributed by atoms with E-state index in [4.69, 9.17) is 4.74 Å². The van der Waals surface area contributed by atoms with Crippen LogP contribution in [0.5, 0.6) is 0 Å². The Kier molecular flexibility index (Phi) is 7.53. The SMILES string of the molecule is CC(C)COC(=O)N[C@H](C(=O)N1CC2(C[C@H]1C=O)SCCCS2)C(C)(C)C. The molecule has 0 aromatic heterocycles. The van der Waals surface area contributed by atoms with Gasteiger partial charge in [-0.3, -0.25) is 4.79 Å². The highest BCUT2D eigenvalue weighted by molar-refractivity contribution is 8.18. The summed E-state index contributed by atoms with van der Waals surface area (Å²) in [5, 5.41) is 2.74. The Hall–Kier alpha value is -0.890. The van der Waals surface area contributed by atoms with E-state index in [1.165, 1.54) is 0 Å². The fraction of sp³-hybridized carbons (Fsp3) is 0.842. The van der Waals surface area contributed by atoms with Gasteiger partial charge in [0.05, 0.1) is 16.7 Å². The number of nitrogens with zero attached hydrogens (tertiary/aromatic N) is 1. The van der Waals surface area contributed by atoms with Gasteiger partial charge in [0.25, 0.3) is 0 Å². The normalized spacial score (nSPS) is 23.3. The van der Waals surface area contributed by atoms with Crippen molar-refractivity contribution in [2.45, 2.75) is 63.6 Å². The Labute approximate surface area is 170 Å². The molecule has 0 aromatic rings. The maximum atomic E-state index is 13.3. The molecular weight excluding hydrogens is 384 g/mol. The second-order valence-corrected chi connectivity index (χ2v) is 12.0. The molecule has 2 rings (SSSR count). The van der Waals surface area contributed by atoms with Gasteiger partial charge in [-0.05, 0) is 29.3 Å². The zero-order chi connectivity index (χ0) is 20.2. The summed E-state index contributed by atoms with van der Waals surface area (Å²) < 4.78 is 5.11. The highest BCUT2D eigenvalue weighted by atomic mass is 32.2. The van der Waals surface area contributed by atoms with Gasteiger partial charge in [0.2, 0.25) is 5.91 Å². The van der Waals surface area contributed by atoms with Crippen molar-refractivity contribution < 1.29 is 19.1 Å². The van der Waals surface area contributed by atoms with Crippen molar-refractivity contribution in [3.63, 3.8) is 0 Å². The Morgan fingerprint density at radius 1 is 1.30 bits per heavy atom. The molecule has 0 saturated carbocycles. The van der Waals surface area contributed by atoms with Gasteiger partial charge in [0.15, 0.2) is 0 Å².